The molecule has 0 aliphatic heterocycles. The molecular formula is C19H18N2O7. The second-order valence-corrected chi connectivity index (χ2v) is 5.37. The number of hydrogen-bond acceptors (Lipinski definition) is 7. The predicted molar refractivity (Wildman–Crippen MR) is 101 cm³/mol. The fourth-order valence-electron chi connectivity index (χ4n) is 2.24. The van der Waals surface area contributed by atoms with Crippen molar-refractivity contribution in [1.29, 1.82) is 0 Å². The van der Waals surface area contributed by atoms with Crippen molar-refractivity contribution in [3.05, 3.63) is 64.2 Å². The van der Waals surface area contributed by atoms with Crippen LogP contribution in [0.4, 0.5) is 11.4 Å². The van der Waals surface area contributed by atoms with Gasteiger partial charge >= 0.3 is 5.97 Å². The Hall–Kier alpha value is -3.88. The third-order valence-electron chi connectivity index (χ3n) is 3.55. The zero-order valence-electron chi connectivity index (χ0n) is 15.2. The van der Waals surface area contributed by atoms with E-state index in [0.717, 1.165) is 6.07 Å². The molecule has 0 radical (unpaired) electrons. The maximum Gasteiger partial charge on any atom is 0.331 e. The van der Waals surface area contributed by atoms with E-state index in [2.05, 4.69) is 5.32 Å². The molecule has 1 N–H and O–H groups in total. The lowest BCUT2D eigenvalue weighted by Gasteiger charge is -2.10. The Bertz CT molecular complexity index is 909. The maximum absolute atomic E-state index is 12.0. The minimum Gasteiger partial charge on any atom is -0.496 e. The molecule has 0 heterocycles. The topological polar surface area (TPSA) is 117 Å². The van der Waals surface area contributed by atoms with Gasteiger partial charge in [-0.2, -0.15) is 0 Å². The molecule has 0 saturated heterocycles. The monoisotopic (exact) mass is 386 g/mol. The van der Waals surface area contributed by atoms with Crippen LogP contribution in [0.25, 0.3) is 6.08 Å². The van der Waals surface area contributed by atoms with Gasteiger partial charge < -0.3 is 19.5 Å². The van der Waals surface area contributed by atoms with Crippen molar-refractivity contribution in [3.63, 3.8) is 0 Å². The Labute approximate surface area is 160 Å². The van der Waals surface area contributed by atoms with Gasteiger partial charge in [0.05, 0.1) is 24.8 Å². The molecule has 0 atom stereocenters. The SMILES string of the molecule is COc1ccccc1/C=C/C(=O)OCC(=O)Nc1cc([N+](=O)[O-])ccc1OC. The Balaban J connectivity index is 1.95. The van der Waals surface area contributed by atoms with Gasteiger partial charge in [0.1, 0.15) is 11.5 Å². The first-order valence-electron chi connectivity index (χ1n) is 8.04. The molecule has 0 fully saturated rings. The third-order valence-corrected chi connectivity index (χ3v) is 3.55. The number of esters is 1. The zero-order valence-corrected chi connectivity index (χ0v) is 15.2. The molecule has 0 saturated carbocycles. The second-order valence-electron chi connectivity index (χ2n) is 5.37. The molecule has 9 heteroatoms. The van der Waals surface area contributed by atoms with E-state index in [0.29, 0.717) is 11.3 Å². The summed E-state index contributed by atoms with van der Waals surface area (Å²) in [6.45, 7) is -0.569. The molecule has 0 aliphatic carbocycles. The van der Waals surface area contributed by atoms with E-state index in [1.54, 1.807) is 24.3 Å². The number of benzene rings is 2. The molecule has 0 bridgehead atoms. The molecule has 9 nitrogen and oxygen atoms in total. The summed E-state index contributed by atoms with van der Waals surface area (Å²) in [6, 6.07) is 10.8. The number of amides is 1. The first-order valence-corrected chi connectivity index (χ1v) is 8.04. The molecule has 2 aromatic rings. The van der Waals surface area contributed by atoms with Crippen molar-refractivity contribution in [2.45, 2.75) is 0 Å². The largest absolute Gasteiger partial charge is 0.496 e. The van der Waals surface area contributed by atoms with Crippen LogP contribution in [0.3, 0.4) is 0 Å². The number of methoxy groups -OCH3 is 2. The van der Waals surface area contributed by atoms with Crippen LogP contribution in [0.5, 0.6) is 11.5 Å². The second kappa shape index (κ2) is 9.72. The number of ether oxygens (including phenoxy) is 3. The van der Waals surface area contributed by atoms with Gasteiger partial charge in [-0.05, 0) is 18.2 Å². The van der Waals surface area contributed by atoms with E-state index in [4.69, 9.17) is 14.2 Å². The molecule has 0 unspecified atom stereocenters. The van der Waals surface area contributed by atoms with Crippen molar-refractivity contribution in [2.75, 3.05) is 26.1 Å². The lowest BCUT2D eigenvalue weighted by atomic mass is 10.2. The average Bonchev–Trinajstić information content (AvgIpc) is 2.70. The minimum absolute atomic E-state index is 0.0994. The summed E-state index contributed by atoms with van der Waals surface area (Å²) in [6.07, 6.45) is 2.67. The highest BCUT2D eigenvalue weighted by molar-refractivity contribution is 5.96. The highest BCUT2D eigenvalue weighted by atomic mass is 16.6. The quantitative estimate of drug-likeness (QED) is 0.321. The van der Waals surface area contributed by atoms with Crippen LogP contribution in [-0.2, 0) is 14.3 Å². The van der Waals surface area contributed by atoms with E-state index in [1.807, 2.05) is 0 Å². The lowest BCUT2D eigenvalue weighted by molar-refractivity contribution is -0.384. The van der Waals surface area contributed by atoms with Crippen LogP contribution in [0.15, 0.2) is 48.5 Å². The molecule has 0 aromatic heterocycles. The number of para-hydroxylation sites is 1. The fourth-order valence-corrected chi connectivity index (χ4v) is 2.24. The van der Waals surface area contributed by atoms with Gasteiger partial charge in [-0.25, -0.2) is 4.79 Å². The number of non-ortho nitro benzene ring substituents is 1. The number of nitro benzene ring substituents is 1. The van der Waals surface area contributed by atoms with E-state index >= 15 is 0 Å². The van der Waals surface area contributed by atoms with Crippen molar-refractivity contribution in [2.24, 2.45) is 0 Å². The molecule has 2 rings (SSSR count). The Morgan fingerprint density at radius 2 is 1.82 bits per heavy atom. The molecule has 2 aromatic carbocycles. The predicted octanol–water partition coefficient (Wildman–Crippen LogP) is 2.81. The Morgan fingerprint density at radius 1 is 1.11 bits per heavy atom. The van der Waals surface area contributed by atoms with Crippen LogP contribution >= 0.6 is 0 Å². The van der Waals surface area contributed by atoms with Gasteiger partial charge in [0.15, 0.2) is 6.61 Å². The summed E-state index contributed by atoms with van der Waals surface area (Å²) in [5.74, 6) is -0.576. The van der Waals surface area contributed by atoms with Crippen molar-refractivity contribution in [1.82, 2.24) is 0 Å². The fraction of sp³-hybridized carbons (Fsp3) is 0.158. The van der Waals surface area contributed by atoms with Crippen LogP contribution in [-0.4, -0.2) is 37.6 Å². The Morgan fingerprint density at radius 3 is 2.50 bits per heavy atom. The number of carbonyl (C=O) groups is 2. The van der Waals surface area contributed by atoms with Crippen LogP contribution in [0.2, 0.25) is 0 Å². The van der Waals surface area contributed by atoms with E-state index in [-0.39, 0.29) is 17.1 Å². The first kappa shape index (κ1) is 20.4. The molecule has 28 heavy (non-hydrogen) atoms. The number of nitrogens with one attached hydrogen (secondary N) is 1. The highest BCUT2D eigenvalue weighted by Crippen LogP contribution is 2.28. The number of carbonyl (C=O) groups excluding carboxylic acids is 2. The van der Waals surface area contributed by atoms with Crippen molar-refractivity contribution < 1.29 is 28.7 Å². The van der Waals surface area contributed by atoms with Gasteiger partial charge in [-0.3, -0.25) is 14.9 Å². The van der Waals surface area contributed by atoms with Gasteiger partial charge in [-0.15, -0.1) is 0 Å². The third kappa shape index (κ3) is 5.56. The number of nitro groups is 1. The number of nitrogens with zero attached hydrogens (tertiary/aromatic N) is 1. The smallest absolute Gasteiger partial charge is 0.331 e. The number of rotatable bonds is 8. The molecular weight excluding hydrogens is 368 g/mol. The number of hydrogen-bond donors (Lipinski definition) is 1. The minimum atomic E-state index is -0.730. The van der Waals surface area contributed by atoms with Gasteiger partial charge in [0.2, 0.25) is 0 Å². The maximum atomic E-state index is 12.0. The van der Waals surface area contributed by atoms with E-state index in [1.165, 1.54) is 38.5 Å². The standard InChI is InChI=1S/C19H18N2O7/c1-26-16-6-4-3-5-13(16)7-10-19(23)28-12-18(22)20-15-11-14(21(24)25)8-9-17(15)27-2/h3-11H,12H2,1-2H3,(H,20,22)/b10-7+. The summed E-state index contributed by atoms with van der Waals surface area (Å²) in [4.78, 5) is 34.0. The summed E-state index contributed by atoms with van der Waals surface area (Å²) in [7, 11) is 2.87. The van der Waals surface area contributed by atoms with Crippen LogP contribution in [0.1, 0.15) is 5.56 Å². The van der Waals surface area contributed by atoms with Gasteiger partial charge in [-0.1, -0.05) is 18.2 Å². The lowest BCUT2D eigenvalue weighted by Crippen LogP contribution is -2.20. The highest BCUT2D eigenvalue weighted by Gasteiger charge is 2.14. The molecule has 0 aliphatic rings. The van der Waals surface area contributed by atoms with E-state index in [9.17, 15) is 19.7 Å². The average molecular weight is 386 g/mol. The molecule has 146 valence electrons. The summed E-state index contributed by atoms with van der Waals surface area (Å²) in [5.41, 5.74) is 0.558. The zero-order chi connectivity index (χ0) is 20.5. The van der Waals surface area contributed by atoms with Crippen molar-refractivity contribution in [3.8, 4) is 11.5 Å². The van der Waals surface area contributed by atoms with Crippen molar-refractivity contribution >= 4 is 29.3 Å². The summed E-state index contributed by atoms with van der Waals surface area (Å²) >= 11 is 0. The van der Waals surface area contributed by atoms with Gasteiger partial charge in [0, 0.05) is 23.8 Å². The van der Waals surface area contributed by atoms with Crippen LogP contribution in [0, 0.1) is 10.1 Å². The molecule has 0 spiro atoms. The number of anilines is 1. The summed E-state index contributed by atoms with van der Waals surface area (Å²) < 4.78 is 15.1. The van der Waals surface area contributed by atoms with Crippen LogP contribution < -0.4 is 14.8 Å². The van der Waals surface area contributed by atoms with E-state index < -0.39 is 23.4 Å². The first-order chi connectivity index (χ1) is 13.4. The molecule has 1 amide bonds. The summed E-state index contributed by atoms with van der Waals surface area (Å²) in [5, 5.41) is 13.3. The van der Waals surface area contributed by atoms with Gasteiger partial charge in [0.25, 0.3) is 11.6 Å². The Kier molecular flexibility index (Phi) is 7.09. The normalized spacial score (nSPS) is 10.4.